The van der Waals surface area contributed by atoms with Crippen LogP contribution in [-0.2, 0) is 4.74 Å². The van der Waals surface area contributed by atoms with E-state index in [2.05, 4.69) is 15.0 Å². The van der Waals surface area contributed by atoms with E-state index in [1.807, 2.05) is 25.7 Å². The van der Waals surface area contributed by atoms with Crippen molar-refractivity contribution in [2.45, 2.75) is 39.4 Å². The SMILES string of the molecule is CCCOc1nc(Cl)nc(N2CC(C)OC(C)C2)n1. The monoisotopic (exact) mass is 286 g/mol. The minimum absolute atomic E-state index is 0.138. The second-order valence-corrected chi connectivity index (χ2v) is 5.04. The molecule has 0 aliphatic carbocycles. The van der Waals surface area contributed by atoms with Gasteiger partial charge in [0.25, 0.3) is 0 Å². The number of anilines is 1. The van der Waals surface area contributed by atoms with Crippen molar-refractivity contribution in [3.05, 3.63) is 5.28 Å². The van der Waals surface area contributed by atoms with Crippen molar-refractivity contribution >= 4 is 17.5 Å². The molecule has 2 unspecified atom stereocenters. The van der Waals surface area contributed by atoms with Gasteiger partial charge >= 0.3 is 6.01 Å². The molecule has 6 nitrogen and oxygen atoms in total. The van der Waals surface area contributed by atoms with Gasteiger partial charge in [-0.05, 0) is 31.9 Å². The van der Waals surface area contributed by atoms with Gasteiger partial charge in [0.05, 0.1) is 18.8 Å². The van der Waals surface area contributed by atoms with E-state index < -0.39 is 0 Å². The number of hydrogen-bond acceptors (Lipinski definition) is 6. The quantitative estimate of drug-likeness (QED) is 0.843. The van der Waals surface area contributed by atoms with Crippen molar-refractivity contribution in [3.63, 3.8) is 0 Å². The Kier molecular flexibility index (Phi) is 4.76. The van der Waals surface area contributed by atoms with Gasteiger partial charge in [-0.1, -0.05) is 6.92 Å². The fourth-order valence-corrected chi connectivity index (χ4v) is 2.21. The number of aromatic nitrogens is 3. The van der Waals surface area contributed by atoms with E-state index in [4.69, 9.17) is 21.1 Å². The molecular weight excluding hydrogens is 268 g/mol. The first-order chi connectivity index (χ1) is 9.08. The van der Waals surface area contributed by atoms with E-state index in [0.29, 0.717) is 12.6 Å². The maximum atomic E-state index is 5.92. The highest BCUT2D eigenvalue weighted by Crippen LogP contribution is 2.19. The van der Waals surface area contributed by atoms with Crippen molar-refractivity contribution < 1.29 is 9.47 Å². The molecule has 0 radical (unpaired) electrons. The summed E-state index contributed by atoms with van der Waals surface area (Å²) in [6.45, 7) is 8.11. The van der Waals surface area contributed by atoms with Crippen LogP contribution in [0, 0.1) is 0 Å². The molecule has 0 aromatic carbocycles. The first kappa shape index (κ1) is 14.3. The van der Waals surface area contributed by atoms with Gasteiger partial charge in [-0.3, -0.25) is 0 Å². The smallest absolute Gasteiger partial charge is 0.322 e. The van der Waals surface area contributed by atoms with Crippen LogP contribution in [0.4, 0.5) is 5.95 Å². The van der Waals surface area contributed by atoms with E-state index in [9.17, 15) is 0 Å². The van der Waals surface area contributed by atoms with Gasteiger partial charge in [-0.2, -0.15) is 15.0 Å². The first-order valence-electron chi connectivity index (χ1n) is 6.53. The molecule has 0 amide bonds. The molecule has 1 saturated heterocycles. The van der Waals surface area contributed by atoms with Crippen LogP contribution in [0.1, 0.15) is 27.2 Å². The van der Waals surface area contributed by atoms with Crippen LogP contribution in [0.2, 0.25) is 5.28 Å². The minimum atomic E-state index is 0.138. The number of ether oxygens (including phenoxy) is 2. The van der Waals surface area contributed by atoms with Crippen LogP contribution in [0.15, 0.2) is 0 Å². The number of halogens is 1. The molecule has 1 aliphatic rings. The highest BCUT2D eigenvalue weighted by molar-refractivity contribution is 6.28. The third kappa shape index (κ3) is 3.91. The van der Waals surface area contributed by atoms with Crippen molar-refractivity contribution in [2.75, 3.05) is 24.6 Å². The van der Waals surface area contributed by atoms with Gasteiger partial charge in [0.2, 0.25) is 11.2 Å². The lowest BCUT2D eigenvalue weighted by Gasteiger charge is -2.35. The highest BCUT2D eigenvalue weighted by atomic mass is 35.5. The van der Waals surface area contributed by atoms with Crippen LogP contribution in [0.25, 0.3) is 0 Å². The van der Waals surface area contributed by atoms with Crippen molar-refractivity contribution in [2.24, 2.45) is 0 Å². The predicted molar refractivity (Wildman–Crippen MR) is 72.8 cm³/mol. The zero-order chi connectivity index (χ0) is 13.8. The van der Waals surface area contributed by atoms with Crippen molar-refractivity contribution in [1.29, 1.82) is 0 Å². The molecule has 2 rings (SSSR count). The Bertz CT molecular complexity index is 422. The Hall–Kier alpha value is -1.14. The maximum Gasteiger partial charge on any atom is 0.322 e. The van der Waals surface area contributed by atoms with Gasteiger partial charge in [-0.15, -0.1) is 0 Å². The molecular formula is C12H19ClN4O2. The molecule has 1 aromatic rings. The summed E-state index contributed by atoms with van der Waals surface area (Å²) in [6, 6.07) is 0.281. The summed E-state index contributed by atoms with van der Waals surface area (Å²) in [7, 11) is 0. The van der Waals surface area contributed by atoms with Gasteiger partial charge in [0.15, 0.2) is 0 Å². The number of rotatable bonds is 4. The highest BCUT2D eigenvalue weighted by Gasteiger charge is 2.25. The average Bonchev–Trinajstić information content (AvgIpc) is 2.34. The van der Waals surface area contributed by atoms with Crippen LogP contribution >= 0.6 is 11.6 Å². The van der Waals surface area contributed by atoms with Gasteiger partial charge in [0, 0.05) is 13.1 Å². The molecule has 1 fully saturated rings. The third-order valence-corrected chi connectivity index (χ3v) is 2.88. The summed E-state index contributed by atoms with van der Waals surface area (Å²) in [4.78, 5) is 14.5. The van der Waals surface area contributed by atoms with Gasteiger partial charge in [-0.25, -0.2) is 0 Å². The Morgan fingerprint density at radius 1 is 1.26 bits per heavy atom. The summed E-state index contributed by atoms with van der Waals surface area (Å²) in [5.74, 6) is 0.549. The molecule has 0 spiro atoms. The zero-order valence-electron chi connectivity index (χ0n) is 11.5. The fraction of sp³-hybridized carbons (Fsp3) is 0.750. The standard InChI is InChI=1S/C12H19ClN4O2/c1-4-5-18-12-15-10(13)14-11(16-12)17-6-8(2)19-9(3)7-17/h8-9H,4-7H2,1-3H3. The second kappa shape index (κ2) is 6.34. The summed E-state index contributed by atoms with van der Waals surface area (Å²) in [5, 5.41) is 0.155. The summed E-state index contributed by atoms with van der Waals surface area (Å²) in [5.41, 5.74) is 0. The predicted octanol–water partition coefficient (Wildman–Crippen LogP) is 1.93. The minimum Gasteiger partial charge on any atom is -0.463 e. The molecule has 1 aliphatic heterocycles. The fourth-order valence-electron chi connectivity index (χ4n) is 2.06. The molecule has 2 heterocycles. The van der Waals surface area contributed by atoms with Gasteiger partial charge < -0.3 is 14.4 Å². The van der Waals surface area contributed by atoms with Crippen LogP contribution in [0.3, 0.4) is 0 Å². The summed E-state index contributed by atoms with van der Waals surface area (Å²) < 4.78 is 11.1. The molecule has 0 bridgehead atoms. The maximum absolute atomic E-state index is 5.92. The van der Waals surface area contributed by atoms with E-state index in [-0.39, 0.29) is 23.5 Å². The van der Waals surface area contributed by atoms with Crippen LogP contribution in [0.5, 0.6) is 6.01 Å². The first-order valence-corrected chi connectivity index (χ1v) is 6.91. The topological polar surface area (TPSA) is 60.4 Å². The van der Waals surface area contributed by atoms with E-state index in [1.165, 1.54) is 0 Å². The molecule has 19 heavy (non-hydrogen) atoms. The van der Waals surface area contributed by atoms with Gasteiger partial charge in [0.1, 0.15) is 0 Å². The second-order valence-electron chi connectivity index (χ2n) is 4.70. The van der Waals surface area contributed by atoms with E-state index in [1.54, 1.807) is 0 Å². The zero-order valence-corrected chi connectivity index (χ0v) is 12.2. The number of morpholine rings is 1. The summed E-state index contributed by atoms with van der Waals surface area (Å²) in [6.07, 6.45) is 1.17. The number of hydrogen-bond donors (Lipinski definition) is 0. The van der Waals surface area contributed by atoms with E-state index >= 15 is 0 Å². The third-order valence-electron chi connectivity index (χ3n) is 2.71. The summed E-state index contributed by atoms with van der Waals surface area (Å²) >= 11 is 5.92. The lowest BCUT2D eigenvalue weighted by Crippen LogP contribution is -2.46. The lowest BCUT2D eigenvalue weighted by atomic mass is 10.2. The number of nitrogens with zero attached hydrogens (tertiary/aromatic N) is 4. The molecule has 1 aromatic heterocycles. The van der Waals surface area contributed by atoms with E-state index in [0.717, 1.165) is 19.5 Å². The van der Waals surface area contributed by atoms with Crippen LogP contribution in [-0.4, -0.2) is 46.9 Å². The van der Waals surface area contributed by atoms with Crippen molar-refractivity contribution in [1.82, 2.24) is 15.0 Å². The van der Waals surface area contributed by atoms with Crippen molar-refractivity contribution in [3.8, 4) is 6.01 Å². The molecule has 2 atom stereocenters. The largest absolute Gasteiger partial charge is 0.463 e. The normalized spacial score (nSPS) is 23.5. The molecule has 106 valence electrons. The Morgan fingerprint density at radius 3 is 2.58 bits per heavy atom. The molecule has 7 heteroatoms. The molecule has 0 N–H and O–H groups in total. The molecule has 0 saturated carbocycles. The Balaban J connectivity index is 2.16. The van der Waals surface area contributed by atoms with Crippen LogP contribution < -0.4 is 9.64 Å². The Morgan fingerprint density at radius 2 is 1.95 bits per heavy atom. The Labute approximate surface area is 118 Å². The average molecular weight is 287 g/mol. The lowest BCUT2D eigenvalue weighted by molar-refractivity contribution is -0.00578.